The van der Waals surface area contributed by atoms with E-state index in [2.05, 4.69) is 42.3 Å². The number of aromatic nitrogens is 2. The molecule has 1 aromatic rings. The Morgan fingerprint density at radius 3 is 1.30 bits per heavy atom. The summed E-state index contributed by atoms with van der Waals surface area (Å²) in [5.41, 5.74) is 0. The van der Waals surface area contributed by atoms with Crippen LogP contribution in [0.4, 0.5) is 0 Å². The first-order valence-corrected chi connectivity index (χ1v) is 17.4. The summed E-state index contributed by atoms with van der Waals surface area (Å²) < 4.78 is 5.20. The van der Waals surface area contributed by atoms with E-state index in [4.69, 9.17) is 0 Å². The second-order valence-corrected chi connectivity index (χ2v) is 12.0. The van der Waals surface area contributed by atoms with E-state index in [1.165, 1.54) is 186 Å². The van der Waals surface area contributed by atoms with Crippen molar-refractivity contribution in [2.45, 2.75) is 207 Å². The van der Waals surface area contributed by atoms with E-state index in [-0.39, 0.29) is 0 Å². The maximum atomic E-state index is 2.60. The fraction of sp³-hybridized carbons (Fsp3) is 0.914. The molecule has 1 heterocycles. The summed E-state index contributed by atoms with van der Waals surface area (Å²) >= 11 is 0. The summed E-state index contributed by atoms with van der Waals surface area (Å²) in [6, 6.07) is 0. The second kappa shape index (κ2) is 26.8. The van der Waals surface area contributed by atoms with Crippen LogP contribution in [0.1, 0.15) is 194 Å². The first-order chi connectivity index (χ1) is 18.3. The van der Waals surface area contributed by atoms with Crippen molar-refractivity contribution in [2.24, 2.45) is 0 Å². The van der Waals surface area contributed by atoms with Crippen LogP contribution in [0, 0.1) is 0 Å². The third-order valence-electron chi connectivity index (χ3n) is 8.35. The molecule has 0 spiro atoms. The highest BCUT2D eigenvalue weighted by atomic mass is 15.1. The molecule has 0 radical (unpaired) electrons. The van der Waals surface area contributed by atoms with E-state index in [0.29, 0.717) is 0 Å². The fourth-order valence-corrected chi connectivity index (χ4v) is 5.80. The van der Waals surface area contributed by atoms with Crippen molar-refractivity contribution in [1.82, 2.24) is 4.57 Å². The van der Waals surface area contributed by atoms with Crippen LogP contribution in [-0.4, -0.2) is 4.57 Å². The van der Waals surface area contributed by atoms with Gasteiger partial charge in [-0.2, -0.15) is 0 Å². The lowest BCUT2D eigenvalue weighted by Crippen LogP contribution is -2.37. The number of hydrogen-bond acceptors (Lipinski definition) is 0. The van der Waals surface area contributed by atoms with E-state index in [1.54, 1.807) is 5.82 Å². The Morgan fingerprint density at radius 1 is 0.459 bits per heavy atom. The molecular weight excluding hydrogens is 448 g/mol. The molecule has 0 fully saturated rings. The molecule has 0 unspecified atom stereocenters. The van der Waals surface area contributed by atoms with Crippen LogP contribution < -0.4 is 4.57 Å². The highest BCUT2D eigenvalue weighted by Crippen LogP contribution is 2.14. The van der Waals surface area contributed by atoms with Gasteiger partial charge in [-0.3, -0.25) is 0 Å². The first kappa shape index (κ1) is 34.2. The van der Waals surface area contributed by atoms with Crippen molar-refractivity contribution < 1.29 is 4.57 Å². The van der Waals surface area contributed by atoms with Crippen LogP contribution in [0.25, 0.3) is 0 Å². The van der Waals surface area contributed by atoms with E-state index in [9.17, 15) is 0 Å². The van der Waals surface area contributed by atoms with Gasteiger partial charge < -0.3 is 0 Å². The summed E-state index contributed by atoms with van der Waals surface area (Å²) in [4.78, 5) is 0. The highest BCUT2D eigenvalue weighted by molar-refractivity contribution is 4.84. The number of rotatable bonds is 29. The summed E-state index contributed by atoms with van der Waals surface area (Å²) in [5.74, 6) is 1.60. The van der Waals surface area contributed by atoms with Gasteiger partial charge in [0.1, 0.15) is 12.4 Å². The van der Waals surface area contributed by atoms with Gasteiger partial charge in [-0.25, -0.2) is 9.13 Å². The second-order valence-electron chi connectivity index (χ2n) is 12.0. The van der Waals surface area contributed by atoms with E-state index in [0.717, 1.165) is 0 Å². The number of unbranched alkanes of at least 4 members (excludes halogenated alkanes) is 23. The number of aryl methyl sites for hydroxylation is 2. The topological polar surface area (TPSA) is 8.81 Å². The quantitative estimate of drug-likeness (QED) is 0.0737. The zero-order valence-electron chi connectivity index (χ0n) is 26.1. The molecule has 2 heteroatoms. The Kier molecular flexibility index (Phi) is 24.8. The Balaban J connectivity index is 2.13. The van der Waals surface area contributed by atoms with Crippen LogP contribution in [-0.2, 0) is 19.5 Å². The van der Waals surface area contributed by atoms with Gasteiger partial charge in [0.2, 0.25) is 0 Å². The third kappa shape index (κ3) is 19.9. The zero-order valence-corrected chi connectivity index (χ0v) is 26.1. The smallest absolute Gasteiger partial charge is 0.234 e. The van der Waals surface area contributed by atoms with Crippen molar-refractivity contribution in [3.63, 3.8) is 0 Å². The number of nitrogens with zero attached hydrogens (tertiary/aromatic N) is 2. The SMILES string of the molecule is CCCCCCCCCCCCCCCCCn1cc[n+](CCCCCCCCCC)c1CCCCC. The van der Waals surface area contributed by atoms with Gasteiger partial charge in [0.25, 0.3) is 5.82 Å². The van der Waals surface area contributed by atoms with Crippen LogP contribution in [0.2, 0.25) is 0 Å². The Hall–Kier alpha value is -0.790. The van der Waals surface area contributed by atoms with Crippen molar-refractivity contribution in [2.75, 3.05) is 0 Å². The Morgan fingerprint density at radius 2 is 0.838 bits per heavy atom. The summed E-state index contributed by atoms with van der Waals surface area (Å²) in [5, 5.41) is 0. The van der Waals surface area contributed by atoms with Gasteiger partial charge in [-0.1, -0.05) is 156 Å². The minimum absolute atomic E-state index is 1.22. The lowest BCUT2D eigenvalue weighted by molar-refractivity contribution is -0.704. The fourth-order valence-electron chi connectivity index (χ4n) is 5.80. The lowest BCUT2D eigenvalue weighted by Gasteiger charge is -2.07. The van der Waals surface area contributed by atoms with Crippen LogP contribution in [0.3, 0.4) is 0 Å². The minimum atomic E-state index is 1.22. The Bertz CT molecular complexity index is 576. The molecule has 0 aliphatic heterocycles. The molecule has 0 bridgehead atoms. The van der Waals surface area contributed by atoms with Gasteiger partial charge in [0.05, 0.1) is 13.1 Å². The number of imidazole rings is 1. The van der Waals surface area contributed by atoms with Crippen molar-refractivity contribution >= 4 is 0 Å². The van der Waals surface area contributed by atoms with Gasteiger partial charge in [0, 0.05) is 6.42 Å². The summed E-state index contributed by atoms with van der Waals surface area (Å²) in [6.45, 7) is 9.39. The maximum absolute atomic E-state index is 2.60. The molecule has 0 saturated heterocycles. The Labute approximate surface area is 234 Å². The van der Waals surface area contributed by atoms with Crippen LogP contribution in [0.15, 0.2) is 12.4 Å². The molecule has 37 heavy (non-hydrogen) atoms. The molecule has 0 amide bonds. The molecule has 0 aliphatic rings. The zero-order chi connectivity index (χ0) is 26.7. The minimum Gasteiger partial charge on any atom is -0.234 e. The molecule has 0 atom stereocenters. The molecule has 0 saturated carbocycles. The molecule has 1 aromatic heterocycles. The lowest BCUT2D eigenvalue weighted by atomic mass is 10.0. The summed E-state index contributed by atoms with van der Waals surface area (Å²) in [7, 11) is 0. The predicted octanol–water partition coefficient (Wildman–Crippen LogP) is 11.5. The first-order valence-electron chi connectivity index (χ1n) is 17.4. The maximum Gasteiger partial charge on any atom is 0.256 e. The molecule has 0 aliphatic carbocycles. The van der Waals surface area contributed by atoms with Crippen molar-refractivity contribution in [3.05, 3.63) is 18.2 Å². The normalized spacial score (nSPS) is 11.5. The molecule has 0 aromatic carbocycles. The average Bonchev–Trinajstić information content (AvgIpc) is 3.29. The number of hydrogen-bond donors (Lipinski definition) is 0. The van der Waals surface area contributed by atoms with E-state index < -0.39 is 0 Å². The molecule has 0 N–H and O–H groups in total. The van der Waals surface area contributed by atoms with Gasteiger partial charge in [0.15, 0.2) is 0 Å². The van der Waals surface area contributed by atoms with Crippen molar-refractivity contribution in [3.8, 4) is 0 Å². The van der Waals surface area contributed by atoms with Gasteiger partial charge >= 0.3 is 0 Å². The molecule has 2 nitrogen and oxygen atoms in total. The van der Waals surface area contributed by atoms with E-state index in [1.807, 2.05) is 0 Å². The largest absolute Gasteiger partial charge is 0.256 e. The summed E-state index contributed by atoms with van der Waals surface area (Å²) in [6.07, 6.45) is 43.0. The highest BCUT2D eigenvalue weighted by Gasteiger charge is 2.16. The third-order valence-corrected chi connectivity index (χ3v) is 8.35. The standard InChI is InChI=1S/C35H69N2/c1-4-7-10-12-14-16-17-18-19-20-21-22-24-26-29-32-37-34-33-36(35(37)30-27-9-6-3)31-28-25-23-15-13-11-8-5-2/h33-34H,4-32H2,1-3H3/q+1. The van der Waals surface area contributed by atoms with Crippen LogP contribution >= 0.6 is 0 Å². The monoisotopic (exact) mass is 518 g/mol. The van der Waals surface area contributed by atoms with E-state index >= 15 is 0 Å². The molecule has 1 rings (SSSR count). The van der Waals surface area contributed by atoms with Crippen LogP contribution in [0.5, 0.6) is 0 Å². The van der Waals surface area contributed by atoms with Crippen molar-refractivity contribution in [1.29, 1.82) is 0 Å². The van der Waals surface area contributed by atoms with Gasteiger partial charge in [-0.15, -0.1) is 0 Å². The predicted molar refractivity (Wildman–Crippen MR) is 165 cm³/mol. The molecule has 218 valence electrons. The molecular formula is C35H69N2+. The average molecular weight is 518 g/mol. The van der Waals surface area contributed by atoms with Gasteiger partial charge in [-0.05, 0) is 32.1 Å².